The number of aromatic nitrogens is 1. The Labute approximate surface area is 269 Å². The van der Waals surface area contributed by atoms with Gasteiger partial charge in [0.2, 0.25) is 0 Å². The Hall–Kier alpha value is -4.29. The Bertz CT molecular complexity index is 1810. The molecule has 3 aromatic rings. The quantitative estimate of drug-likeness (QED) is 0.264. The number of hydrogen-bond acceptors (Lipinski definition) is 11. The fourth-order valence-electron chi connectivity index (χ4n) is 4.71. The average molecular weight is 659 g/mol. The van der Waals surface area contributed by atoms with Crippen LogP contribution in [0.3, 0.4) is 0 Å². The van der Waals surface area contributed by atoms with Crippen LogP contribution in [0, 0.1) is 0 Å². The molecule has 1 aromatic heterocycles. The molecule has 13 heteroatoms. The van der Waals surface area contributed by atoms with Gasteiger partial charge in [-0.15, -0.1) is 0 Å². The van der Waals surface area contributed by atoms with Crippen molar-refractivity contribution in [2.75, 3.05) is 34.0 Å². The second-order valence-electron chi connectivity index (χ2n) is 10.0. The van der Waals surface area contributed by atoms with Gasteiger partial charge in [-0.3, -0.25) is 9.36 Å². The summed E-state index contributed by atoms with van der Waals surface area (Å²) in [7, 11) is 2.78. The largest absolute Gasteiger partial charge is 0.493 e. The minimum Gasteiger partial charge on any atom is -0.493 e. The number of carbonyl (C=O) groups is 2. The van der Waals surface area contributed by atoms with Crippen molar-refractivity contribution in [3.8, 4) is 23.0 Å². The van der Waals surface area contributed by atoms with Crippen molar-refractivity contribution in [1.82, 2.24) is 4.57 Å². The minimum atomic E-state index is -0.892. The molecule has 2 heterocycles. The first-order valence-corrected chi connectivity index (χ1v) is 15.4. The summed E-state index contributed by atoms with van der Waals surface area (Å²) in [6, 6.07) is 7.52. The monoisotopic (exact) mass is 658 g/mol. The summed E-state index contributed by atoms with van der Waals surface area (Å²) in [5.41, 5.74) is 1.41. The normalized spacial score (nSPS) is 14.5. The van der Waals surface area contributed by atoms with Gasteiger partial charge in [-0.25, -0.2) is 14.6 Å². The van der Waals surface area contributed by atoms with Crippen LogP contribution in [0.15, 0.2) is 51.4 Å². The smallest absolute Gasteiger partial charge is 0.343 e. The van der Waals surface area contributed by atoms with Gasteiger partial charge in [0, 0.05) is 0 Å². The van der Waals surface area contributed by atoms with E-state index < -0.39 is 18.0 Å². The molecule has 0 fully saturated rings. The third kappa shape index (κ3) is 7.34. The molecule has 1 aliphatic rings. The second kappa shape index (κ2) is 14.7. The van der Waals surface area contributed by atoms with E-state index in [4.69, 9.17) is 35.3 Å². The van der Waals surface area contributed by atoms with Gasteiger partial charge in [0.15, 0.2) is 34.4 Å². The van der Waals surface area contributed by atoms with E-state index in [1.54, 1.807) is 57.2 Å². The van der Waals surface area contributed by atoms with Crippen molar-refractivity contribution < 1.29 is 38.0 Å². The molecule has 0 amide bonds. The van der Waals surface area contributed by atoms with E-state index in [2.05, 4.69) is 9.73 Å². The molecule has 0 unspecified atom stereocenters. The third-order valence-corrected chi connectivity index (χ3v) is 7.84. The number of ether oxygens (including phenoxy) is 6. The van der Waals surface area contributed by atoms with Crippen molar-refractivity contribution in [2.45, 2.75) is 46.8 Å². The Morgan fingerprint density at radius 3 is 2.47 bits per heavy atom. The number of esters is 2. The zero-order valence-corrected chi connectivity index (χ0v) is 27.7. The van der Waals surface area contributed by atoms with Gasteiger partial charge in [-0.2, -0.15) is 0 Å². The van der Waals surface area contributed by atoms with Gasteiger partial charge in [-0.1, -0.05) is 29.0 Å². The molecule has 2 aromatic carbocycles. The predicted octanol–water partition coefficient (Wildman–Crippen LogP) is 4.20. The van der Waals surface area contributed by atoms with E-state index in [1.807, 2.05) is 13.8 Å². The fraction of sp³-hybridized carbons (Fsp3) is 0.375. The highest BCUT2D eigenvalue weighted by atomic mass is 35.5. The Morgan fingerprint density at radius 1 is 1.07 bits per heavy atom. The molecular weight excluding hydrogens is 624 g/mol. The number of nitrogens with zero attached hydrogens (tertiary/aromatic N) is 2. The number of methoxy groups -OCH3 is 2. The van der Waals surface area contributed by atoms with Crippen molar-refractivity contribution in [3.05, 3.63) is 77.4 Å². The van der Waals surface area contributed by atoms with Gasteiger partial charge in [-0.05, 0) is 76.1 Å². The van der Waals surface area contributed by atoms with E-state index in [9.17, 15) is 14.4 Å². The topological polar surface area (TPSA) is 124 Å². The number of carbonyl (C=O) groups excluding carboxylic acids is 2. The lowest BCUT2D eigenvalue weighted by Gasteiger charge is -2.25. The highest BCUT2D eigenvalue weighted by molar-refractivity contribution is 7.07. The maximum absolute atomic E-state index is 14.1. The maximum Gasteiger partial charge on any atom is 0.343 e. The molecular formula is C32H35ClN2O9S. The number of rotatable bonds is 12. The van der Waals surface area contributed by atoms with Crippen LogP contribution in [0.1, 0.15) is 51.8 Å². The van der Waals surface area contributed by atoms with Crippen LogP contribution in [0.5, 0.6) is 23.0 Å². The highest BCUT2D eigenvalue weighted by Crippen LogP contribution is 2.38. The third-order valence-electron chi connectivity index (χ3n) is 6.58. The zero-order chi connectivity index (χ0) is 32.8. The molecule has 0 aliphatic carbocycles. The average Bonchev–Trinajstić information content (AvgIpc) is 3.30. The number of halogens is 1. The van der Waals surface area contributed by atoms with Crippen LogP contribution in [0.2, 0.25) is 5.02 Å². The Morgan fingerprint density at radius 2 is 1.82 bits per heavy atom. The van der Waals surface area contributed by atoms with Gasteiger partial charge < -0.3 is 28.4 Å². The van der Waals surface area contributed by atoms with Gasteiger partial charge in [0.1, 0.15) is 0 Å². The first-order valence-electron chi connectivity index (χ1n) is 14.2. The van der Waals surface area contributed by atoms with E-state index in [-0.39, 0.29) is 30.5 Å². The summed E-state index contributed by atoms with van der Waals surface area (Å²) in [5, 5.41) is 0.332. The predicted molar refractivity (Wildman–Crippen MR) is 169 cm³/mol. The number of thiazole rings is 1. The molecule has 1 aliphatic heterocycles. The van der Waals surface area contributed by atoms with Crippen molar-refractivity contribution in [3.63, 3.8) is 0 Å². The van der Waals surface area contributed by atoms with Crippen LogP contribution in [0.25, 0.3) is 6.08 Å². The lowest BCUT2D eigenvalue weighted by atomic mass is 9.95. The molecule has 0 radical (unpaired) electrons. The lowest BCUT2D eigenvalue weighted by molar-refractivity contribution is -0.143. The molecule has 240 valence electrons. The van der Waals surface area contributed by atoms with Crippen molar-refractivity contribution in [1.29, 1.82) is 0 Å². The molecule has 0 saturated carbocycles. The minimum absolute atomic E-state index is 0.125. The summed E-state index contributed by atoms with van der Waals surface area (Å²) in [4.78, 5) is 44.1. The van der Waals surface area contributed by atoms with Crippen molar-refractivity contribution in [2.24, 2.45) is 4.99 Å². The summed E-state index contributed by atoms with van der Waals surface area (Å²) < 4.78 is 34.6. The van der Waals surface area contributed by atoms with Crippen molar-refractivity contribution >= 4 is 41.0 Å². The summed E-state index contributed by atoms with van der Waals surface area (Å²) in [6.07, 6.45) is 1.56. The first kappa shape index (κ1) is 33.6. The lowest BCUT2D eigenvalue weighted by Crippen LogP contribution is -2.40. The van der Waals surface area contributed by atoms with Crippen LogP contribution in [-0.4, -0.2) is 56.6 Å². The molecule has 45 heavy (non-hydrogen) atoms. The molecule has 1 atom stereocenters. The molecule has 0 spiro atoms. The van der Waals surface area contributed by atoms with Gasteiger partial charge in [0.25, 0.3) is 5.56 Å². The number of fused-ring (bicyclic) bond motifs is 1. The van der Waals surface area contributed by atoms with E-state index >= 15 is 0 Å². The fourth-order valence-corrected chi connectivity index (χ4v) is 6.02. The summed E-state index contributed by atoms with van der Waals surface area (Å²) in [5.74, 6) is 0.298. The molecule has 4 rings (SSSR count). The highest BCUT2D eigenvalue weighted by Gasteiger charge is 2.34. The Balaban J connectivity index is 1.90. The summed E-state index contributed by atoms with van der Waals surface area (Å²) >= 11 is 7.71. The van der Waals surface area contributed by atoms with E-state index in [1.165, 1.54) is 30.1 Å². The second-order valence-corrected chi connectivity index (χ2v) is 11.4. The molecule has 0 saturated heterocycles. The molecule has 0 bridgehead atoms. The first-order chi connectivity index (χ1) is 21.5. The zero-order valence-electron chi connectivity index (χ0n) is 26.1. The molecule has 11 nitrogen and oxygen atoms in total. The Kier molecular flexibility index (Phi) is 10.9. The van der Waals surface area contributed by atoms with Gasteiger partial charge in [0.05, 0.1) is 60.4 Å². The summed E-state index contributed by atoms with van der Waals surface area (Å²) in [6.45, 7) is 9.08. The number of hydrogen-bond donors (Lipinski definition) is 0. The maximum atomic E-state index is 14.1. The SMILES string of the molecule is CCOC(=O)C1=C(C)N=c2s/c(=C/c3cc(Cl)c(OC(C)C)c(OC)c3)c(=O)n2[C@H]1c1ccc(OCC(=O)OC)c(OCC)c1. The van der Waals surface area contributed by atoms with E-state index in [0.29, 0.717) is 60.8 Å². The van der Waals surface area contributed by atoms with Crippen LogP contribution >= 0.6 is 22.9 Å². The van der Waals surface area contributed by atoms with Crippen LogP contribution in [0.4, 0.5) is 0 Å². The van der Waals surface area contributed by atoms with Crippen LogP contribution < -0.4 is 33.8 Å². The number of allylic oxidation sites excluding steroid dienone is 1. The van der Waals surface area contributed by atoms with Crippen LogP contribution in [-0.2, 0) is 19.1 Å². The number of benzene rings is 2. The standard InChI is InChI=1S/C32H35ClN2O9S/c1-8-41-23-15-20(10-11-22(23)43-16-26(36)40-7)28-27(31(38)42-9-2)18(5)34-32-35(28)30(37)25(45-32)14-19-12-21(33)29(44-17(3)4)24(13-19)39-6/h10-15,17,28H,8-9,16H2,1-7H3/b25-14+/t28-/m0/s1. The van der Waals surface area contributed by atoms with E-state index in [0.717, 1.165) is 0 Å². The molecule has 0 N–H and O–H groups in total. The van der Waals surface area contributed by atoms with Gasteiger partial charge >= 0.3 is 11.9 Å².